The van der Waals surface area contributed by atoms with Gasteiger partial charge in [-0.25, -0.2) is 22.0 Å². The summed E-state index contributed by atoms with van der Waals surface area (Å²) in [6.45, 7) is 93.8. The largest absolute Gasteiger partial charge is 0.395 e. The Morgan fingerprint density at radius 1 is 0.242 bits per heavy atom. The Labute approximate surface area is 761 Å². The molecule has 0 nitrogen and oxygen atoms in total. The highest BCUT2D eigenvalue weighted by atomic mass is 19.4. The van der Waals surface area contributed by atoms with Gasteiger partial charge in [0.1, 0.15) is 28.3 Å². The van der Waals surface area contributed by atoms with E-state index < -0.39 is 85.5 Å². The van der Waals surface area contributed by atoms with Crippen molar-refractivity contribution in [3.63, 3.8) is 0 Å². The van der Waals surface area contributed by atoms with E-state index >= 15 is 8.78 Å². The number of hydrogen-bond donors (Lipinski definition) is 0. The van der Waals surface area contributed by atoms with Gasteiger partial charge in [-0.05, 0) is 237 Å². The van der Waals surface area contributed by atoms with Gasteiger partial charge in [0.15, 0.2) is 0 Å². The fourth-order valence-electron chi connectivity index (χ4n) is 20.5. The van der Waals surface area contributed by atoms with Crippen LogP contribution in [0.25, 0.3) is 0 Å². The van der Waals surface area contributed by atoms with Crippen LogP contribution in [0.3, 0.4) is 0 Å². The third kappa shape index (κ3) is 41.3. The van der Waals surface area contributed by atoms with Crippen LogP contribution < -0.4 is 0 Å². The molecule has 0 heterocycles. The molecule has 0 spiro atoms. The van der Waals surface area contributed by atoms with Crippen LogP contribution in [0.1, 0.15) is 513 Å². The minimum absolute atomic E-state index is 0.136. The van der Waals surface area contributed by atoms with Crippen molar-refractivity contribution in [2.24, 2.45) is 125 Å². The van der Waals surface area contributed by atoms with Crippen LogP contribution >= 0.6 is 0 Å². The fraction of sp³-hybridized carbons (Fsp3) is 1.00. The summed E-state index contributed by atoms with van der Waals surface area (Å²) in [5, 5.41) is 0. The van der Waals surface area contributed by atoms with E-state index in [1.54, 1.807) is 76.2 Å². The Kier molecular flexibility index (Phi) is 64.1. The smallest absolute Gasteiger partial charge is 0.244 e. The molecule has 0 atom stereocenters. The number of rotatable bonds is 34. The molecule has 0 bridgehead atoms. The zero-order valence-corrected chi connectivity index (χ0v) is 90.9. The van der Waals surface area contributed by atoms with Crippen molar-refractivity contribution >= 4 is 0 Å². The molecule has 2 fully saturated rings. The number of hydrogen-bond acceptors (Lipinski definition) is 0. The van der Waals surface area contributed by atoms with Gasteiger partial charge in [0.25, 0.3) is 0 Å². The molecule has 0 N–H and O–H groups in total. The molecule has 0 amide bonds. The van der Waals surface area contributed by atoms with Crippen LogP contribution in [0, 0.1) is 125 Å². The Morgan fingerprint density at radius 3 is 0.573 bits per heavy atom. The van der Waals surface area contributed by atoms with E-state index in [1.807, 2.05) is 69.2 Å². The molecule has 2 aliphatic carbocycles. The highest BCUT2D eigenvalue weighted by Crippen LogP contribution is 2.66. The topological polar surface area (TPSA) is 0 Å². The van der Waals surface area contributed by atoms with Crippen LogP contribution in [-0.4, -0.2) is 53.0 Å². The van der Waals surface area contributed by atoms with E-state index in [9.17, 15) is 65.9 Å². The molecule has 0 aromatic rings. The maximum absolute atomic E-state index is 15.4. The molecule has 0 aliphatic heterocycles. The zero-order chi connectivity index (χ0) is 102. The van der Waals surface area contributed by atoms with Crippen LogP contribution in [0.15, 0.2) is 0 Å². The highest BCUT2D eigenvalue weighted by Gasteiger charge is 2.67. The second-order valence-electron chi connectivity index (χ2n) is 45.3. The van der Waals surface area contributed by atoms with Gasteiger partial charge in [0.05, 0.1) is 21.7 Å². The number of halogens is 17. The first kappa shape index (κ1) is 138. The summed E-state index contributed by atoms with van der Waals surface area (Å²) in [5.41, 5.74) is -12.0. The molecule has 2 rings (SSSR count). The summed E-state index contributed by atoms with van der Waals surface area (Å²) in [4.78, 5) is 0. The Balaban J connectivity index is -0.000000204. The van der Waals surface area contributed by atoms with Gasteiger partial charge in [-0.2, -0.15) is 52.7 Å². The zero-order valence-electron chi connectivity index (χ0n) is 90.9. The summed E-state index contributed by atoms with van der Waals surface area (Å²) in [6.07, 6.45) is 4.54. The predicted octanol–water partition coefficient (Wildman–Crippen LogP) is 42.4. The molecule has 0 saturated heterocycles. The van der Waals surface area contributed by atoms with Crippen molar-refractivity contribution in [2.45, 2.75) is 566 Å². The van der Waals surface area contributed by atoms with Gasteiger partial charge in [-0.15, -0.1) is 0 Å². The fourth-order valence-corrected chi connectivity index (χ4v) is 20.5. The molecule has 0 aromatic heterocycles. The summed E-state index contributed by atoms with van der Waals surface area (Å²) in [7, 11) is 0. The Hall–Kier alpha value is -1.19. The highest BCUT2D eigenvalue weighted by molar-refractivity contribution is 5.06. The first-order chi connectivity index (χ1) is 55.2. The molecule has 0 radical (unpaired) electrons. The molecular formula is C107H213F17. The minimum atomic E-state index is -4.17. The van der Waals surface area contributed by atoms with Gasteiger partial charge in [-0.1, -0.05) is 368 Å². The minimum Gasteiger partial charge on any atom is -0.244 e. The van der Waals surface area contributed by atoms with Gasteiger partial charge in [0.2, 0.25) is 0 Å². The second-order valence-corrected chi connectivity index (χ2v) is 45.3. The molecule has 2 saturated carbocycles. The van der Waals surface area contributed by atoms with Gasteiger partial charge in [-0.3, -0.25) is 0 Å². The van der Waals surface area contributed by atoms with Gasteiger partial charge < -0.3 is 0 Å². The molecule has 17 heteroatoms. The third-order valence-electron chi connectivity index (χ3n) is 33.3. The van der Waals surface area contributed by atoms with Crippen molar-refractivity contribution in [3.05, 3.63) is 0 Å². The number of alkyl halides is 17. The summed E-state index contributed by atoms with van der Waals surface area (Å²) >= 11 is 0. The first-order valence-electron chi connectivity index (χ1n) is 49.9. The summed E-state index contributed by atoms with van der Waals surface area (Å²) in [6, 6.07) is 0. The maximum atomic E-state index is 15.4. The van der Waals surface area contributed by atoms with Crippen molar-refractivity contribution in [3.8, 4) is 0 Å². The van der Waals surface area contributed by atoms with Gasteiger partial charge >= 0.3 is 24.7 Å². The lowest BCUT2D eigenvalue weighted by Crippen LogP contribution is -2.57. The van der Waals surface area contributed by atoms with E-state index in [4.69, 9.17) is 0 Å². The molecular weight excluding hydrogens is 1610 g/mol. The predicted molar refractivity (Wildman–Crippen MR) is 512 cm³/mol. The van der Waals surface area contributed by atoms with E-state index in [1.165, 1.54) is 34.1 Å². The summed E-state index contributed by atoms with van der Waals surface area (Å²) < 4.78 is 227. The SMILES string of the molecule is CC(C)(C)C.CC(C)C(C(C)C)C(C)(F)C(C(C)C)C(C)C.CC(C)C(C)(C(C)C)C(F)(F)F.CC1(C)CCC(C)(F)CC1.CC1(F)CCCCC1.CCC(C)(CC)C(C)(C(F)(F)F)C(C)(CC)CC.CCC(C)(CC)C(C)(F)C(C)(CC)CC.CCC(C)(CC)C(F)(F)F.CCC(CC)C(C)(C(CC)CC)C(F)(F)F.CCC(CC)C(C)(F)C(CC)CC. The molecule has 0 aromatic carbocycles. The average Bonchev–Trinajstić information content (AvgIpc) is 0.720. The summed E-state index contributed by atoms with van der Waals surface area (Å²) in [5.74, 6) is 1.03. The monoisotopic (exact) mass is 1820 g/mol. The lowest BCUT2D eigenvalue weighted by Gasteiger charge is -2.57. The Bertz CT molecular complexity index is 2430. The van der Waals surface area contributed by atoms with Crippen LogP contribution in [0.2, 0.25) is 0 Å². The van der Waals surface area contributed by atoms with Crippen molar-refractivity contribution in [2.75, 3.05) is 0 Å². The lowest BCUT2D eigenvalue weighted by atomic mass is 9.49. The van der Waals surface area contributed by atoms with E-state index in [0.717, 1.165) is 103 Å². The van der Waals surface area contributed by atoms with E-state index in [-0.39, 0.29) is 71.0 Å². The Morgan fingerprint density at radius 2 is 0.452 bits per heavy atom. The molecule has 0 unspecified atom stereocenters. The second kappa shape index (κ2) is 57.5. The standard InChI is InChI=1S/C16H33F.C15H29F3.C14H29F.C13H25F3.C12H25F.C9H17F3.C9H17F.C7H13F3.C7H13F.C5H12/c1-10(2)14(11(3)4)16(9,17)15(12(5)6)13(7)8;1-8-12(5,9-2)14(7,15(16,17)18)13(6,10-3)11-4;1-8-12(5,9-2)14(7,15)13(6,10-3)11-4;1-6-10(7-2)12(5,13(14,15)16)11(8-3)9-4;1-6-10(7-2)12(5,13)11(8-3)9-4;1-6(2)8(5,7(3)4)9(10,11)12;1-8(2)4-6-9(3,10)7-5-8;1-4-6(3,5-2)7(8,9)10;1-7(8)5-3-2-4-6-7;1-5(2,3)4/h10-15H,1-9H3;8-11H2,1-7H3;8-11H2,1-7H3;10-11H,6-9H2,1-5H3;10-11H,6-9H2,1-5H3;6-7H,1-5H3;4-7H2,1-3H3;4-5H2,1-3H3;2-6H2,1H3;1-4H3. The molecule has 2 aliphatic rings. The quantitative estimate of drug-likeness (QED) is 0.0564. The lowest BCUT2D eigenvalue weighted by molar-refractivity contribution is -0.301. The first-order valence-corrected chi connectivity index (χ1v) is 49.9. The maximum Gasteiger partial charge on any atom is 0.395 e. The van der Waals surface area contributed by atoms with Crippen molar-refractivity contribution < 1.29 is 74.6 Å². The van der Waals surface area contributed by atoms with Gasteiger partial charge in [0, 0.05) is 10.8 Å². The van der Waals surface area contributed by atoms with Crippen LogP contribution in [0.5, 0.6) is 0 Å². The molecule has 124 heavy (non-hydrogen) atoms. The molecule has 760 valence electrons. The van der Waals surface area contributed by atoms with E-state index in [2.05, 4.69) is 166 Å². The van der Waals surface area contributed by atoms with Crippen LogP contribution in [0.4, 0.5) is 74.6 Å². The van der Waals surface area contributed by atoms with Crippen LogP contribution in [-0.2, 0) is 0 Å². The van der Waals surface area contributed by atoms with Crippen molar-refractivity contribution in [1.82, 2.24) is 0 Å². The average molecular weight is 1820 g/mol. The normalized spacial score (nSPS) is 16.2. The van der Waals surface area contributed by atoms with Crippen molar-refractivity contribution in [1.29, 1.82) is 0 Å². The van der Waals surface area contributed by atoms with E-state index in [0.29, 0.717) is 85.9 Å². The third-order valence-corrected chi connectivity index (χ3v) is 33.3.